The lowest BCUT2D eigenvalue weighted by molar-refractivity contribution is -0.116. The summed E-state index contributed by atoms with van der Waals surface area (Å²) in [7, 11) is 0. The first kappa shape index (κ1) is 19.9. The lowest BCUT2D eigenvalue weighted by Crippen LogP contribution is -2.26. The number of rotatable bonds is 4. The number of anilines is 2. The van der Waals surface area contributed by atoms with Crippen molar-refractivity contribution in [1.29, 1.82) is 0 Å². The second kappa shape index (κ2) is 8.23. The van der Waals surface area contributed by atoms with E-state index in [9.17, 15) is 4.79 Å². The molecule has 0 bridgehead atoms. The summed E-state index contributed by atoms with van der Waals surface area (Å²) in [5, 5.41) is 9.29. The monoisotopic (exact) mass is 430 g/mol. The molecule has 1 aromatic heterocycles. The van der Waals surface area contributed by atoms with Crippen LogP contribution in [-0.4, -0.2) is 11.9 Å². The van der Waals surface area contributed by atoms with Crippen molar-refractivity contribution in [3.63, 3.8) is 0 Å². The van der Waals surface area contributed by atoms with Crippen molar-refractivity contribution in [2.24, 2.45) is 0 Å². The fourth-order valence-corrected chi connectivity index (χ4v) is 5.27. The molecule has 2 N–H and O–H groups in total. The zero-order valence-corrected chi connectivity index (χ0v) is 18.5. The van der Waals surface area contributed by atoms with Crippen LogP contribution < -0.4 is 15.4 Å². The van der Waals surface area contributed by atoms with Crippen LogP contribution in [0, 0.1) is 0 Å². The van der Waals surface area contributed by atoms with Crippen LogP contribution in [0.15, 0.2) is 77.3 Å². The Morgan fingerprint density at radius 3 is 2.45 bits per heavy atom. The smallest absolute Gasteiger partial charge is 0.163 e. The summed E-state index contributed by atoms with van der Waals surface area (Å²) in [6.07, 6.45) is 1.47. The van der Waals surface area contributed by atoms with Gasteiger partial charge in [-0.05, 0) is 67.5 Å². The molecular weight excluding hydrogens is 404 g/mol. The Morgan fingerprint density at radius 1 is 0.968 bits per heavy atom. The lowest BCUT2D eigenvalue weighted by Gasteiger charge is -2.29. The van der Waals surface area contributed by atoms with Gasteiger partial charge in [-0.25, -0.2) is 0 Å². The minimum atomic E-state index is -0.124. The summed E-state index contributed by atoms with van der Waals surface area (Å²) >= 11 is 1.68. The zero-order valence-electron chi connectivity index (χ0n) is 17.7. The standard InChI is InChI=1S/C26H26N2O2S/c1-16(2)30-19-11-9-17(10-12-19)18-14-22-25(23(29)15-18)26(24-8-5-13-31-24)28-21-7-4-3-6-20(21)27-22/h3-13,16,18,26-28H,14-15H2,1-2H3/t18-,26+/m1/s1. The van der Waals surface area contributed by atoms with Gasteiger partial charge in [0, 0.05) is 22.6 Å². The second-order valence-electron chi connectivity index (χ2n) is 8.42. The first-order chi connectivity index (χ1) is 15.1. The minimum absolute atomic E-state index is 0.124. The van der Waals surface area contributed by atoms with E-state index in [0.717, 1.165) is 39.7 Å². The summed E-state index contributed by atoms with van der Waals surface area (Å²) < 4.78 is 5.78. The lowest BCUT2D eigenvalue weighted by atomic mass is 9.79. The van der Waals surface area contributed by atoms with E-state index in [4.69, 9.17) is 4.74 Å². The van der Waals surface area contributed by atoms with Crippen molar-refractivity contribution in [2.45, 2.75) is 44.8 Å². The molecule has 158 valence electrons. The third kappa shape index (κ3) is 3.98. The molecule has 2 aliphatic rings. The van der Waals surface area contributed by atoms with Gasteiger partial charge >= 0.3 is 0 Å². The predicted molar refractivity (Wildman–Crippen MR) is 127 cm³/mol. The third-order valence-corrected chi connectivity index (χ3v) is 6.80. The van der Waals surface area contributed by atoms with Gasteiger partial charge in [-0.15, -0.1) is 11.3 Å². The van der Waals surface area contributed by atoms with Crippen molar-refractivity contribution in [1.82, 2.24) is 0 Å². The maximum Gasteiger partial charge on any atom is 0.163 e. The highest BCUT2D eigenvalue weighted by Crippen LogP contribution is 2.45. The van der Waals surface area contributed by atoms with Crippen molar-refractivity contribution in [3.8, 4) is 5.75 Å². The summed E-state index contributed by atoms with van der Waals surface area (Å²) in [5.74, 6) is 1.23. The fourth-order valence-electron chi connectivity index (χ4n) is 4.49. The first-order valence-corrected chi connectivity index (χ1v) is 11.7. The number of thiophene rings is 1. The Morgan fingerprint density at radius 2 is 1.74 bits per heavy atom. The molecule has 1 aliphatic heterocycles. The van der Waals surface area contributed by atoms with Crippen molar-refractivity contribution >= 4 is 28.5 Å². The number of carbonyl (C=O) groups excluding carboxylic acids is 1. The Kier molecular flexibility index (Phi) is 5.28. The number of hydrogen-bond donors (Lipinski definition) is 2. The number of para-hydroxylation sites is 2. The van der Waals surface area contributed by atoms with Gasteiger partial charge in [0.05, 0.1) is 23.5 Å². The van der Waals surface area contributed by atoms with Gasteiger partial charge in [-0.2, -0.15) is 0 Å². The van der Waals surface area contributed by atoms with E-state index in [0.29, 0.717) is 6.42 Å². The summed E-state index contributed by atoms with van der Waals surface area (Å²) in [6.45, 7) is 4.05. The zero-order chi connectivity index (χ0) is 21.4. The molecule has 0 radical (unpaired) electrons. The second-order valence-corrected chi connectivity index (χ2v) is 9.40. The summed E-state index contributed by atoms with van der Waals surface area (Å²) in [4.78, 5) is 14.6. The van der Waals surface area contributed by atoms with Gasteiger partial charge in [0.25, 0.3) is 0 Å². The number of carbonyl (C=O) groups is 1. The molecule has 3 aromatic rings. The van der Waals surface area contributed by atoms with Gasteiger partial charge in [0.15, 0.2) is 5.78 Å². The molecule has 0 fully saturated rings. The fraction of sp³-hybridized carbons (Fsp3) is 0.269. The molecule has 31 heavy (non-hydrogen) atoms. The molecule has 1 aliphatic carbocycles. The molecule has 0 spiro atoms. The average Bonchev–Trinajstić information content (AvgIpc) is 3.22. The summed E-state index contributed by atoms with van der Waals surface area (Å²) in [6, 6.07) is 20.4. The number of ketones is 1. The van der Waals surface area contributed by atoms with Crippen molar-refractivity contribution in [3.05, 3.63) is 87.8 Å². The van der Waals surface area contributed by atoms with E-state index in [1.54, 1.807) is 11.3 Å². The quantitative estimate of drug-likeness (QED) is 0.495. The number of fused-ring (bicyclic) bond motifs is 1. The van der Waals surface area contributed by atoms with Crippen LogP contribution in [-0.2, 0) is 4.79 Å². The minimum Gasteiger partial charge on any atom is -0.491 e. The molecule has 0 unspecified atom stereocenters. The molecule has 0 saturated heterocycles. The van der Waals surface area contributed by atoms with Gasteiger partial charge in [0.1, 0.15) is 5.75 Å². The Bertz CT molecular complexity index is 1120. The van der Waals surface area contributed by atoms with E-state index in [2.05, 4.69) is 46.3 Å². The van der Waals surface area contributed by atoms with E-state index < -0.39 is 0 Å². The van der Waals surface area contributed by atoms with Crippen LogP contribution in [0.3, 0.4) is 0 Å². The predicted octanol–water partition coefficient (Wildman–Crippen LogP) is 6.51. The molecular formula is C26H26N2O2S. The average molecular weight is 431 g/mol. The topological polar surface area (TPSA) is 50.4 Å². The van der Waals surface area contributed by atoms with Crippen LogP contribution in [0.5, 0.6) is 5.75 Å². The maximum atomic E-state index is 13.5. The van der Waals surface area contributed by atoms with Crippen LogP contribution in [0.25, 0.3) is 0 Å². The number of nitrogens with one attached hydrogen (secondary N) is 2. The third-order valence-electron chi connectivity index (χ3n) is 5.86. The molecule has 0 saturated carbocycles. The molecule has 2 atom stereocenters. The van der Waals surface area contributed by atoms with E-state index in [1.165, 1.54) is 5.56 Å². The van der Waals surface area contributed by atoms with E-state index in [1.807, 2.05) is 44.2 Å². The van der Waals surface area contributed by atoms with Crippen molar-refractivity contribution in [2.75, 3.05) is 10.6 Å². The molecule has 5 rings (SSSR count). The molecule has 4 nitrogen and oxygen atoms in total. The van der Waals surface area contributed by atoms with Crippen molar-refractivity contribution < 1.29 is 9.53 Å². The SMILES string of the molecule is CC(C)Oc1ccc([C@H]2CC(=O)C3=C(C2)Nc2ccccc2N[C@H]3c2cccs2)cc1. The Hall–Kier alpha value is -3.05. The Balaban J connectivity index is 1.50. The van der Waals surface area contributed by atoms with Crippen LogP contribution in [0.4, 0.5) is 11.4 Å². The van der Waals surface area contributed by atoms with Crippen LogP contribution in [0.2, 0.25) is 0 Å². The highest BCUT2D eigenvalue weighted by Gasteiger charge is 2.36. The Labute approximate surface area is 187 Å². The molecule has 2 heterocycles. The van der Waals surface area contributed by atoms with Gasteiger partial charge in [0.2, 0.25) is 0 Å². The first-order valence-electron chi connectivity index (χ1n) is 10.8. The van der Waals surface area contributed by atoms with E-state index in [-0.39, 0.29) is 23.8 Å². The highest BCUT2D eigenvalue weighted by atomic mass is 32.1. The van der Waals surface area contributed by atoms with E-state index >= 15 is 0 Å². The maximum absolute atomic E-state index is 13.5. The normalized spacial score (nSPS) is 20.4. The molecule has 2 aromatic carbocycles. The molecule has 0 amide bonds. The number of ether oxygens (including phenoxy) is 1. The number of benzene rings is 2. The van der Waals surface area contributed by atoms with Gasteiger partial charge < -0.3 is 15.4 Å². The van der Waals surface area contributed by atoms with Gasteiger partial charge in [-0.3, -0.25) is 4.79 Å². The van der Waals surface area contributed by atoms with Gasteiger partial charge in [-0.1, -0.05) is 30.3 Å². The highest BCUT2D eigenvalue weighted by molar-refractivity contribution is 7.10. The summed E-state index contributed by atoms with van der Waals surface area (Å²) in [5.41, 5.74) is 5.11. The van der Waals surface area contributed by atoms with Crippen LogP contribution in [0.1, 0.15) is 49.1 Å². The largest absolute Gasteiger partial charge is 0.491 e. The number of hydrogen-bond acceptors (Lipinski definition) is 5. The number of Topliss-reactive ketones (excluding diaryl/α,β-unsaturated/α-hetero) is 1. The molecule has 5 heteroatoms. The van der Waals surface area contributed by atoms with Crippen LogP contribution >= 0.6 is 11.3 Å². The number of allylic oxidation sites excluding steroid dienone is 1.